The molecule has 2 bridgehead atoms. The summed E-state index contributed by atoms with van der Waals surface area (Å²) in [6.45, 7) is 9.30. The van der Waals surface area contributed by atoms with Gasteiger partial charge in [0.15, 0.2) is 0 Å². The third kappa shape index (κ3) is 2.25. The summed E-state index contributed by atoms with van der Waals surface area (Å²) in [6.07, 6.45) is 5.71. The molecule has 3 heterocycles. The molecule has 0 aromatic heterocycles. The van der Waals surface area contributed by atoms with Crippen LogP contribution in [-0.2, 0) is 0 Å². The van der Waals surface area contributed by atoms with Gasteiger partial charge in [0.2, 0.25) is 0 Å². The van der Waals surface area contributed by atoms with E-state index in [9.17, 15) is 0 Å². The number of hydrogen-bond donors (Lipinski definition) is 0. The molecule has 0 amide bonds. The molecule has 1 radical (unpaired) electrons. The van der Waals surface area contributed by atoms with Gasteiger partial charge in [-0.1, -0.05) is 0 Å². The van der Waals surface area contributed by atoms with E-state index in [1.165, 1.54) is 38.8 Å². The largest absolute Gasteiger partial charge is 0.298 e. The second-order valence-electron chi connectivity index (χ2n) is 6.26. The number of fused-ring (bicyclic) bond motifs is 2. The van der Waals surface area contributed by atoms with Crippen LogP contribution >= 0.6 is 0 Å². The molecule has 2 unspecified atom stereocenters. The average molecular weight is 236 g/mol. The molecule has 3 fully saturated rings. The van der Waals surface area contributed by atoms with Crippen LogP contribution in [-0.4, -0.2) is 60.1 Å². The summed E-state index contributed by atoms with van der Waals surface area (Å²) in [4.78, 5) is 5.51. The van der Waals surface area contributed by atoms with E-state index in [0.717, 1.165) is 37.3 Å². The maximum Gasteiger partial charge on any atom is 0.0261 e. The normalized spacial score (nSPS) is 40.1. The van der Waals surface area contributed by atoms with E-state index in [2.05, 4.69) is 29.0 Å². The lowest BCUT2D eigenvalue weighted by Gasteiger charge is -2.46. The first-order valence-corrected chi connectivity index (χ1v) is 7.40. The predicted molar refractivity (Wildman–Crippen MR) is 70.2 cm³/mol. The first-order chi connectivity index (χ1) is 8.25. The average Bonchev–Trinajstić information content (AvgIpc) is 2.62. The molecule has 3 saturated heterocycles. The van der Waals surface area contributed by atoms with E-state index in [4.69, 9.17) is 0 Å². The van der Waals surface area contributed by atoms with Crippen LogP contribution in [0.25, 0.3) is 0 Å². The smallest absolute Gasteiger partial charge is 0.0261 e. The number of nitrogens with zero attached hydrogens (tertiary/aromatic N) is 3. The van der Waals surface area contributed by atoms with Crippen LogP contribution in [0.1, 0.15) is 39.5 Å². The summed E-state index contributed by atoms with van der Waals surface area (Å²) in [5.41, 5.74) is 0. The zero-order valence-corrected chi connectivity index (χ0v) is 11.3. The summed E-state index contributed by atoms with van der Waals surface area (Å²) in [5.74, 6) is 0. The van der Waals surface area contributed by atoms with Gasteiger partial charge in [0.25, 0.3) is 0 Å². The molecule has 3 rings (SSSR count). The third-order valence-electron chi connectivity index (χ3n) is 4.97. The fraction of sp³-hybridized carbons (Fsp3) is 1.00. The minimum Gasteiger partial charge on any atom is -0.298 e. The van der Waals surface area contributed by atoms with E-state index < -0.39 is 0 Å². The molecule has 0 aromatic carbocycles. The highest BCUT2D eigenvalue weighted by Gasteiger charge is 2.43. The molecule has 0 saturated carbocycles. The second-order valence-corrected chi connectivity index (χ2v) is 6.26. The number of piperazine rings is 1. The Morgan fingerprint density at radius 2 is 1.53 bits per heavy atom. The van der Waals surface area contributed by atoms with Gasteiger partial charge in [-0.25, -0.2) is 5.32 Å². The number of hydrogen-bond acceptors (Lipinski definition) is 2. The van der Waals surface area contributed by atoms with Crippen LogP contribution in [0.15, 0.2) is 0 Å². The summed E-state index contributed by atoms with van der Waals surface area (Å²) in [7, 11) is 0. The first kappa shape index (κ1) is 11.9. The van der Waals surface area contributed by atoms with E-state index in [1.807, 2.05) is 0 Å². The van der Waals surface area contributed by atoms with Gasteiger partial charge in [-0.15, -0.1) is 0 Å². The molecular weight excluding hydrogens is 210 g/mol. The summed E-state index contributed by atoms with van der Waals surface area (Å²) >= 11 is 0. The minimum atomic E-state index is 0.741. The van der Waals surface area contributed by atoms with Crippen LogP contribution in [0.2, 0.25) is 0 Å². The maximum absolute atomic E-state index is 4.47. The molecule has 2 atom stereocenters. The van der Waals surface area contributed by atoms with Crippen molar-refractivity contribution in [3.8, 4) is 0 Å². The molecule has 3 aliphatic heterocycles. The summed E-state index contributed by atoms with van der Waals surface area (Å²) in [6, 6.07) is 3.35. The molecule has 0 spiro atoms. The van der Waals surface area contributed by atoms with Crippen molar-refractivity contribution in [1.82, 2.24) is 15.1 Å². The second kappa shape index (κ2) is 4.87. The zero-order chi connectivity index (χ0) is 11.8. The van der Waals surface area contributed by atoms with Crippen LogP contribution in [0, 0.1) is 0 Å². The highest BCUT2D eigenvalue weighted by atomic mass is 15.3. The molecule has 3 nitrogen and oxygen atoms in total. The van der Waals surface area contributed by atoms with Crippen LogP contribution < -0.4 is 5.32 Å². The molecular formula is C14H26N3. The van der Waals surface area contributed by atoms with Gasteiger partial charge in [-0.2, -0.15) is 0 Å². The lowest BCUT2D eigenvalue weighted by molar-refractivity contribution is 0.0345. The highest BCUT2D eigenvalue weighted by Crippen LogP contribution is 2.38. The molecule has 0 N–H and O–H groups in total. The standard InChI is InChI=1S/C14H26N3/c1-11(2)17-12-3-4-13(17)10-14(9-12)16-7-5-15-6-8-16/h11-14H,3-10H2,1-2H3. The van der Waals surface area contributed by atoms with Crippen LogP contribution in [0.5, 0.6) is 0 Å². The Balaban J connectivity index is 1.64. The third-order valence-corrected chi connectivity index (χ3v) is 4.97. The Morgan fingerprint density at radius 1 is 0.941 bits per heavy atom. The summed E-state index contributed by atoms with van der Waals surface area (Å²) < 4.78 is 0. The van der Waals surface area contributed by atoms with Crippen molar-refractivity contribution in [2.45, 2.75) is 63.7 Å². The zero-order valence-electron chi connectivity index (χ0n) is 11.3. The van der Waals surface area contributed by atoms with Gasteiger partial charge < -0.3 is 0 Å². The summed E-state index contributed by atoms with van der Waals surface area (Å²) in [5, 5.41) is 4.47. The van der Waals surface area contributed by atoms with Crippen molar-refractivity contribution in [2.24, 2.45) is 0 Å². The lowest BCUT2D eigenvalue weighted by Crippen LogP contribution is -2.55. The molecule has 3 heteroatoms. The molecule has 0 aliphatic carbocycles. The molecule has 17 heavy (non-hydrogen) atoms. The Morgan fingerprint density at radius 3 is 2.06 bits per heavy atom. The van der Waals surface area contributed by atoms with Crippen LogP contribution in [0.3, 0.4) is 0 Å². The van der Waals surface area contributed by atoms with Crippen molar-refractivity contribution in [1.29, 1.82) is 0 Å². The Kier molecular flexibility index (Phi) is 3.42. The topological polar surface area (TPSA) is 20.6 Å². The van der Waals surface area contributed by atoms with Crippen LogP contribution in [0.4, 0.5) is 0 Å². The highest BCUT2D eigenvalue weighted by molar-refractivity contribution is 4.99. The van der Waals surface area contributed by atoms with E-state index in [1.54, 1.807) is 0 Å². The fourth-order valence-electron chi connectivity index (χ4n) is 4.31. The van der Waals surface area contributed by atoms with Gasteiger partial charge in [0.05, 0.1) is 0 Å². The number of rotatable bonds is 2. The fourth-order valence-corrected chi connectivity index (χ4v) is 4.31. The van der Waals surface area contributed by atoms with E-state index in [0.29, 0.717) is 0 Å². The quantitative estimate of drug-likeness (QED) is 0.720. The van der Waals surface area contributed by atoms with Gasteiger partial charge in [-0.3, -0.25) is 9.80 Å². The SMILES string of the molecule is CC(C)N1C2CCC1CC(N1CC[N]CC1)C2. The lowest BCUT2D eigenvalue weighted by atomic mass is 9.94. The Bertz CT molecular complexity index is 246. The maximum atomic E-state index is 4.47. The van der Waals surface area contributed by atoms with Crippen molar-refractivity contribution in [3.63, 3.8) is 0 Å². The van der Waals surface area contributed by atoms with Gasteiger partial charge in [0.1, 0.15) is 0 Å². The predicted octanol–water partition coefficient (Wildman–Crippen LogP) is 1.31. The molecule has 97 valence electrons. The van der Waals surface area contributed by atoms with Gasteiger partial charge >= 0.3 is 0 Å². The van der Waals surface area contributed by atoms with E-state index >= 15 is 0 Å². The number of piperidine rings is 1. The minimum absolute atomic E-state index is 0.741. The van der Waals surface area contributed by atoms with Gasteiger partial charge in [0, 0.05) is 50.3 Å². The van der Waals surface area contributed by atoms with Gasteiger partial charge in [-0.05, 0) is 39.5 Å². The van der Waals surface area contributed by atoms with Crippen molar-refractivity contribution in [2.75, 3.05) is 26.2 Å². The Hall–Kier alpha value is -0.120. The van der Waals surface area contributed by atoms with Crippen molar-refractivity contribution in [3.05, 3.63) is 0 Å². The van der Waals surface area contributed by atoms with Crippen molar-refractivity contribution >= 4 is 0 Å². The van der Waals surface area contributed by atoms with Crippen molar-refractivity contribution < 1.29 is 0 Å². The Labute approximate surface area is 106 Å². The molecule has 0 aromatic rings. The van der Waals surface area contributed by atoms with E-state index in [-0.39, 0.29) is 0 Å². The first-order valence-electron chi connectivity index (χ1n) is 7.40. The molecule has 3 aliphatic rings. The monoisotopic (exact) mass is 236 g/mol.